The van der Waals surface area contributed by atoms with Gasteiger partial charge in [0.1, 0.15) is 11.9 Å². The van der Waals surface area contributed by atoms with Gasteiger partial charge < -0.3 is 19.9 Å². The Hall–Kier alpha value is -2.99. The number of amides is 2. The van der Waals surface area contributed by atoms with Gasteiger partial charge in [0, 0.05) is 53.6 Å². The first-order chi connectivity index (χ1) is 14.0. The fourth-order valence-corrected chi connectivity index (χ4v) is 3.63. The molecule has 3 aromatic rings. The Kier molecular flexibility index (Phi) is 5.45. The first kappa shape index (κ1) is 19.3. The summed E-state index contributed by atoms with van der Waals surface area (Å²) in [5.74, 6) is 0.766. The number of fused-ring (bicyclic) bond motifs is 1. The number of nitrogens with zero attached hydrogens (tertiary/aromatic N) is 1. The van der Waals surface area contributed by atoms with Crippen molar-refractivity contribution in [3.05, 3.63) is 69.5 Å². The number of aromatic nitrogens is 1. The van der Waals surface area contributed by atoms with Crippen LogP contribution in [0.2, 0.25) is 5.02 Å². The highest BCUT2D eigenvalue weighted by Crippen LogP contribution is 2.24. The van der Waals surface area contributed by atoms with Crippen LogP contribution in [0.3, 0.4) is 0 Å². The average Bonchev–Trinajstić information content (AvgIpc) is 2.71. The highest BCUT2D eigenvalue weighted by Gasteiger charge is 2.24. The lowest BCUT2D eigenvalue weighted by Gasteiger charge is -2.32. The molecule has 1 aliphatic rings. The van der Waals surface area contributed by atoms with E-state index in [1.54, 1.807) is 17.0 Å². The molecule has 6 nitrogen and oxygen atoms in total. The molecule has 1 aliphatic heterocycles. The topological polar surface area (TPSA) is 74.4 Å². The van der Waals surface area contributed by atoms with Crippen molar-refractivity contribution >= 4 is 34.2 Å². The molecule has 7 heteroatoms. The van der Waals surface area contributed by atoms with Crippen LogP contribution in [0.1, 0.15) is 18.4 Å². The van der Waals surface area contributed by atoms with Gasteiger partial charge >= 0.3 is 6.03 Å². The maximum absolute atomic E-state index is 12.5. The van der Waals surface area contributed by atoms with Crippen molar-refractivity contribution in [1.29, 1.82) is 0 Å². The number of urea groups is 1. The van der Waals surface area contributed by atoms with Crippen LogP contribution in [0, 0.1) is 6.92 Å². The van der Waals surface area contributed by atoms with Crippen molar-refractivity contribution in [2.24, 2.45) is 0 Å². The summed E-state index contributed by atoms with van der Waals surface area (Å²) in [6.07, 6.45) is 1.56. The molecule has 0 spiro atoms. The van der Waals surface area contributed by atoms with E-state index in [9.17, 15) is 9.59 Å². The van der Waals surface area contributed by atoms with Gasteiger partial charge in [-0.05, 0) is 48.9 Å². The quantitative estimate of drug-likeness (QED) is 0.663. The minimum Gasteiger partial charge on any atom is -0.490 e. The van der Waals surface area contributed by atoms with Crippen molar-refractivity contribution in [2.75, 3.05) is 18.4 Å². The molecule has 0 unspecified atom stereocenters. The Labute approximate surface area is 173 Å². The van der Waals surface area contributed by atoms with E-state index < -0.39 is 0 Å². The smallest absolute Gasteiger partial charge is 0.321 e. The van der Waals surface area contributed by atoms with Crippen LogP contribution in [0.5, 0.6) is 5.75 Å². The number of hydrogen-bond donors (Lipinski definition) is 2. The van der Waals surface area contributed by atoms with Gasteiger partial charge in [-0.15, -0.1) is 0 Å². The number of carbonyl (C=O) groups is 1. The third-order valence-electron chi connectivity index (χ3n) is 5.15. The standard InChI is InChI=1S/C22H22ClN3O3/c1-14-2-4-16(13-19(14)23)24-22(28)26-10-8-17(9-11-26)29-18-5-6-20-15(12-18)3-7-21(27)25-20/h2-7,12-13,17H,8-11H2,1H3,(H,24,28)(H,25,27). The number of aromatic amines is 1. The second-order valence-electron chi connectivity index (χ2n) is 7.27. The SMILES string of the molecule is Cc1ccc(NC(=O)N2CCC(Oc3ccc4[nH]c(=O)ccc4c3)CC2)cc1Cl. The van der Waals surface area contributed by atoms with Gasteiger partial charge in [-0.1, -0.05) is 17.7 Å². The molecule has 2 amide bonds. The molecule has 0 atom stereocenters. The monoisotopic (exact) mass is 411 g/mol. The van der Waals surface area contributed by atoms with Crippen LogP contribution in [0.4, 0.5) is 10.5 Å². The lowest BCUT2D eigenvalue weighted by Crippen LogP contribution is -2.43. The molecule has 1 fully saturated rings. The zero-order valence-electron chi connectivity index (χ0n) is 16.1. The summed E-state index contributed by atoms with van der Waals surface area (Å²) in [5, 5.41) is 4.46. The molecular formula is C22H22ClN3O3. The van der Waals surface area contributed by atoms with Crippen LogP contribution in [-0.4, -0.2) is 35.1 Å². The fourth-order valence-electron chi connectivity index (χ4n) is 3.45. The van der Waals surface area contributed by atoms with Gasteiger partial charge in [0.05, 0.1) is 0 Å². The summed E-state index contributed by atoms with van der Waals surface area (Å²) in [4.78, 5) is 28.5. The number of carbonyl (C=O) groups excluding carboxylic acids is 1. The number of benzene rings is 2. The van der Waals surface area contributed by atoms with Crippen LogP contribution in [-0.2, 0) is 0 Å². The molecule has 2 heterocycles. The van der Waals surface area contributed by atoms with E-state index in [-0.39, 0.29) is 17.7 Å². The Morgan fingerprint density at radius 2 is 1.93 bits per heavy atom. The maximum atomic E-state index is 12.5. The molecule has 0 aliphatic carbocycles. The molecule has 1 saturated heterocycles. The van der Waals surface area contributed by atoms with Gasteiger partial charge in [-0.3, -0.25) is 4.79 Å². The number of H-pyrrole nitrogens is 1. The molecule has 2 N–H and O–H groups in total. The van der Waals surface area contributed by atoms with E-state index in [1.807, 2.05) is 37.3 Å². The molecular weight excluding hydrogens is 390 g/mol. The van der Waals surface area contributed by atoms with Gasteiger partial charge in [-0.25, -0.2) is 4.79 Å². The van der Waals surface area contributed by atoms with Gasteiger partial charge in [0.25, 0.3) is 0 Å². The molecule has 0 saturated carbocycles. The minimum atomic E-state index is -0.127. The summed E-state index contributed by atoms with van der Waals surface area (Å²) in [7, 11) is 0. The molecule has 4 rings (SSSR count). The highest BCUT2D eigenvalue weighted by molar-refractivity contribution is 6.31. The zero-order chi connectivity index (χ0) is 20.4. The highest BCUT2D eigenvalue weighted by atomic mass is 35.5. The van der Waals surface area contributed by atoms with Crippen LogP contribution in [0.25, 0.3) is 10.9 Å². The van der Waals surface area contributed by atoms with Crippen LogP contribution >= 0.6 is 11.6 Å². The number of piperidine rings is 1. The molecule has 150 valence electrons. The maximum Gasteiger partial charge on any atom is 0.321 e. The van der Waals surface area contributed by atoms with E-state index in [4.69, 9.17) is 16.3 Å². The van der Waals surface area contributed by atoms with E-state index >= 15 is 0 Å². The Morgan fingerprint density at radius 1 is 1.14 bits per heavy atom. The third kappa shape index (κ3) is 4.54. The number of nitrogens with one attached hydrogen (secondary N) is 2. The van der Waals surface area contributed by atoms with E-state index in [0.717, 1.165) is 35.1 Å². The Morgan fingerprint density at radius 3 is 2.69 bits per heavy atom. The number of halogens is 1. The molecule has 2 aromatic carbocycles. The van der Waals surface area contributed by atoms with Crippen molar-refractivity contribution in [1.82, 2.24) is 9.88 Å². The van der Waals surface area contributed by atoms with Gasteiger partial charge in [0.15, 0.2) is 0 Å². The predicted octanol–water partition coefficient (Wildman–Crippen LogP) is 4.57. The predicted molar refractivity (Wildman–Crippen MR) is 115 cm³/mol. The normalized spacial score (nSPS) is 14.8. The second-order valence-corrected chi connectivity index (χ2v) is 7.68. The number of ether oxygens (including phenoxy) is 1. The Balaban J connectivity index is 1.33. The number of rotatable bonds is 3. The number of likely N-dealkylation sites (tertiary alicyclic amines) is 1. The van der Waals surface area contributed by atoms with E-state index in [2.05, 4.69) is 10.3 Å². The number of hydrogen-bond acceptors (Lipinski definition) is 3. The lowest BCUT2D eigenvalue weighted by atomic mass is 10.1. The first-order valence-corrected chi connectivity index (χ1v) is 9.97. The molecule has 1 aromatic heterocycles. The number of aryl methyl sites for hydroxylation is 1. The van der Waals surface area contributed by atoms with Gasteiger partial charge in [0.2, 0.25) is 5.56 Å². The van der Waals surface area contributed by atoms with E-state index in [0.29, 0.717) is 23.8 Å². The summed E-state index contributed by atoms with van der Waals surface area (Å²) in [6.45, 7) is 3.17. The third-order valence-corrected chi connectivity index (χ3v) is 5.56. The summed E-state index contributed by atoms with van der Waals surface area (Å²) in [6, 6.07) is 14.3. The van der Waals surface area contributed by atoms with Crippen LogP contribution < -0.4 is 15.6 Å². The van der Waals surface area contributed by atoms with Crippen molar-refractivity contribution in [3.63, 3.8) is 0 Å². The summed E-state index contributed by atoms with van der Waals surface area (Å²) in [5.41, 5.74) is 2.33. The summed E-state index contributed by atoms with van der Waals surface area (Å²) >= 11 is 6.12. The summed E-state index contributed by atoms with van der Waals surface area (Å²) < 4.78 is 6.10. The Bertz CT molecular complexity index is 1100. The largest absolute Gasteiger partial charge is 0.490 e. The lowest BCUT2D eigenvalue weighted by molar-refractivity contribution is 0.115. The number of pyridine rings is 1. The molecule has 0 radical (unpaired) electrons. The fraction of sp³-hybridized carbons (Fsp3) is 0.273. The average molecular weight is 412 g/mol. The van der Waals surface area contributed by atoms with Crippen molar-refractivity contribution in [3.8, 4) is 5.75 Å². The second kappa shape index (κ2) is 8.17. The van der Waals surface area contributed by atoms with Crippen molar-refractivity contribution in [2.45, 2.75) is 25.9 Å². The van der Waals surface area contributed by atoms with Crippen LogP contribution in [0.15, 0.2) is 53.3 Å². The number of anilines is 1. The molecule has 0 bridgehead atoms. The first-order valence-electron chi connectivity index (χ1n) is 9.60. The minimum absolute atomic E-state index is 0.0491. The van der Waals surface area contributed by atoms with E-state index in [1.165, 1.54) is 6.07 Å². The van der Waals surface area contributed by atoms with Crippen molar-refractivity contribution < 1.29 is 9.53 Å². The van der Waals surface area contributed by atoms with Gasteiger partial charge in [-0.2, -0.15) is 0 Å². The molecule has 29 heavy (non-hydrogen) atoms. The zero-order valence-corrected chi connectivity index (χ0v) is 16.8.